The molecule has 1 heterocycles. The molecule has 1 atom stereocenters. The van der Waals surface area contributed by atoms with Crippen LogP contribution in [-0.2, 0) is 6.42 Å². The molecule has 1 aromatic carbocycles. The van der Waals surface area contributed by atoms with Crippen molar-refractivity contribution in [3.8, 4) is 5.75 Å². The van der Waals surface area contributed by atoms with Crippen LogP contribution in [0.1, 0.15) is 28.1 Å². The lowest BCUT2D eigenvalue weighted by molar-refractivity contribution is 0.222. The molecule has 7 heteroatoms. The highest BCUT2D eigenvalue weighted by atomic mass is 127. The van der Waals surface area contributed by atoms with Gasteiger partial charge < -0.3 is 15.4 Å². The molecule has 0 aliphatic carbocycles. The van der Waals surface area contributed by atoms with Gasteiger partial charge in [-0.25, -0.2) is 4.98 Å². The lowest BCUT2D eigenvalue weighted by Gasteiger charge is -2.18. The molecule has 0 radical (unpaired) electrons. The summed E-state index contributed by atoms with van der Waals surface area (Å²) >= 11 is 1.76. The van der Waals surface area contributed by atoms with Crippen molar-refractivity contribution in [3.05, 3.63) is 45.4 Å². The summed E-state index contributed by atoms with van der Waals surface area (Å²) in [6.45, 7) is 9.73. The van der Waals surface area contributed by atoms with Gasteiger partial charge >= 0.3 is 0 Å². The molecule has 2 aromatic rings. The summed E-state index contributed by atoms with van der Waals surface area (Å²) in [5.74, 6) is 1.72. The lowest BCUT2D eigenvalue weighted by Crippen LogP contribution is -2.42. The van der Waals surface area contributed by atoms with E-state index in [1.54, 1.807) is 18.4 Å². The zero-order chi connectivity index (χ0) is 18.2. The normalized spacial score (nSPS) is 12.3. The SMILES string of the molecule is CN=C(NCCc1sc(C)nc1C)NCC(C)Oc1ccccc1C.I. The van der Waals surface area contributed by atoms with E-state index in [2.05, 4.69) is 47.4 Å². The number of nitrogens with one attached hydrogen (secondary N) is 2. The Morgan fingerprint density at radius 1 is 1.23 bits per heavy atom. The maximum Gasteiger partial charge on any atom is 0.191 e. The van der Waals surface area contributed by atoms with Crippen molar-refractivity contribution in [2.24, 2.45) is 4.99 Å². The molecule has 2 N–H and O–H groups in total. The largest absolute Gasteiger partial charge is 0.489 e. The highest BCUT2D eigenvalue weighted by molar-refractivity contribution is 14.0. The molecular weight excluding hydrogens is 459 g/mol. The van der Waals surface area contributed by atoms with Gasteiger partial charge in [-0.05, 0) is 39.3 Å². The van der Waals surface area contributed by atoms with Gasteiger partial charge in [0.05, 0.1) is 17.2 Å². The molecule has 144 valence electrons. The maximum absolute atomic E-state index is 5.98. The van der Waals surface area contributed by atoms with E-state index in [0.717, 1.165) is 40.9 Å². The summed E-state index contributed by atoms with van der Waals surface area (Å²) in [4.78, 5) is 10.1. The number of aromatic nitrogens is 1. The van der Waals surface area contributed by atoms with E-state index >= 15 is 0 Å². The minimum absolute atomic E-state index is 0. The number of hydrogen-bond acceptors (Lipinski definition) is 4. The second-order valence-corrected chi connectivity index (χ2v) is 7.35. The Kier molecular flexibility index (Phi) is 9.93. The maximum atomic E-state index is 5.98. The van der Waals surface area contributed by atoms with Gasteiger partial charge in [-0.3, -0.25) is 4.99 Å². The van der Waals surface area contributed by atoms with Gasteiger partial charge in [0.1, 0.15) is 11.9 Å². The smallest absolute Gasteiger partial charge is 0.191 e. The first-order valence-corrected chi connectivity index (χ1v) is 9.41. The molecular formula is C19H29IN4OS. The van der Waals surface area contributed by atoms with E-state index in [9.17, 15) is 0 Å². The molecule has 1 aromatic heterocycles. The predicted octanol–water partition coefficient (Wildman–Crippen LogP) is 3.86. The van der Waals surface area contributed by atoms with Crippen LogP contribution in [0.2, 0.25) is 0 Å². The van der Waals surface area contributed by atoms with Gasteiger partial charge in [0, 0.05) is 24.9 Å². The van der Waals surface area contributed by atoms with Crippen LogP contribution in [0.25, 0.3) is 0 Å². The predicted molar refractivity (Wildman–Crippen MR) is 121 cm³/mol. The van der Waals surface area contributed by atoms with Crippen LogP contribution in [0.5, 0.6) is 5.75 Å². The standard InChI is InChI=1S/C19H28N4OS.HI/c1-13-8-6-7-9-17(13)24-14(2)12-22-19(20-5)21-11-10-18-15(3)23-16(4)25-18;/h6-9,14H,10-12H2,1-5H3,(H2,20,21,22);1H. The summed E-state index contributed by atoms with van der Waals surface area (Å²) in [7, 11) is 1.78. The quantitative estimate of drug-likeness (QED) is 0.353. The van der Waals surface area contributed by atoms with Crippen molar-refractivity contribution in [2.75, 3.05) is 20.1 Å². The molecule has 1 unspecified atom stereocenters. The summed E-state index contributed by atoms with van der Waals surface area (Å²) in [5, 5.41) is 7.79. The lowest BCUT2D eigenvalue weighted by atomic mass is 10.2. The van der Waals surface area contributed by atoms with E-state index in [-0.39, 0.29) is 30.1 Å². The number of para-hydroxylation sites is 1. The first kappa shape index (κ1) is 22.7. The fourth-order valence-corrected chi connectivity index (χ4v) is 3.44. The Hall–Kier alpha value is -1.35. The van der Waals surface area contributed by atoms with Gasteiger partial charge in [0.25, 0.3) is 0 Å². The van der Waals surface area contributed by atoms with Crippen molar-refractivity contribution in [1.29, 1.82) is 0 Å². The first-order valence-electron chi connectivity index (χ1n) is 8.59. The van der Waals surface area contributed by atoms with Crippen molar-refractivity contribution in [2.45, 2.75) is 40.2 Å². The van der Waals surface area contributed by atoms with Crippen LogP contribution in [0, 0.1) is 20.8 Å². The number of halogens is 1. The molecule has 0 amide bonds. The van der Waals surface area contributed by atoms with Gasteiger partial charge in [0.2, 0.25) is 0 Å². The molecule has 26 heavy (non-hydrogen) atoms. The van der Waals surface area contributed by atoms with Gasteiger partial charge in [0.15, 0.2) is 5.96 Å². The van der Waals surface area contributed by atoms with Crippen molar-refractivity contribution in [1.82, 2.24) is 15.6 Å². The summed E-state index contributed by atoms with van der Waals surface area (Å²) in [5.41, 5.74) is 2.28. The van der Waals surface area contributed by atoms with Gasteiger partial charge in [-0.1, -0.05) is 18.2 Å². The number of ether oxygens (including phenoxy) is 1. The van der Waals surface area contributed by atoms with Crippen LogP contribution >= 0.6 is 35.3 Å². The van der Waals surface area contributed by atoms with Crippen LogP contribution < -0.4 is 15.4 Å². The van der Waals surface area contributed by atoms with Crippen molar-refractivity contribution >= 4 is 41.3 Å². The van der Waals surface area contributed by atoms with Gasteiger partial charge in [-0.15, -0.1) is 35.3 Å². The number of aryl methyl sites for hydroxylation is 3. The Labute approximate surface area is 177 Å². The Bertz CT molecular complexity index is 717. The third-order valence-corrected chi connectivity index (χ3v) is 4.98. The fraction of sp³-hybridized carbons (Fsp3) is 0.474. The number of nitrogens with zero attached hydrogens (tertiary/aromatic N) is 2. The highest BCUT2D eigenvalue weighted by Gasteiger charge is 2.08. The molecule has 0 spiro atoms. The van der Waals surface area contributed by atoms with E-state index in [1.165, 1.54) is 4.88 Å². The molecule has 0 aliphatic rings. The van der Waals surface area contributed by atoms with Crippen LogP contribution in [-0.4, -0.2) is 37.2 Å². The van der Waals surface area contributed by atoms with Crippen molar-refractivity contribution in [3.63, 3.8) is 0 Å². The molecule has 0 aliphatic heterocycles. The van der Waals surface area contributed by atoms with Crippen molar-refractivity contribution < 1.29 is 4.74 Å². The number of hydrogen-bond donors (Lipinski definition) is 2. The Morgan fingerprint density at radius 3 is 2.58 bits per heavy atom. The third-order valence-electron chi connectivity index (χ3n) is 3.85. The second-order valence-electron chi connectivity index (χ2n) is 6.07. The molecule has 0 saturated carbocycles. The minimum atomic E-state index is 0. The van der Waals surface area contributed by atoms with Gasteiger partial charge in [-0.2, -0.15) is 0 Å². The Morgan fingerprint density at radius 2 is 1.96 bits per heavy atom. The van der Waals surface area contributed by atoms with E-state index in [1.807, 2.05) is 25.1 Å². The molecule has 0 saturated heterocycles. The molecule has 2 rings (SSSR count). The monoisotopic (exact) mass is 488 g/mol. The average Bonchev–Trinajstić information content (AvgIpc) is 2.90. The minimum Gasteiger partial charge on any atom is -0.489 e. The zero-order valence-electron chi connectivity index (χ0n) is 16.1. The molecule has 0 bridgehead atoms. The number of benzene rings is 1. The Balaban J connectivity index is 0.00000338. The van der Waals surface area contributed by atoms with E-state index in [0.29, 0.717) is 6.54 Å². The second kappa shape index (κ2) is 11.4. The van der Waals surface area contributed by atoms with Crippen LogP contribution in [0.4, 0.5) is 0 Å². The number of guanidine groups is 1. The molecule has 0 fully saturated rings. The first-order chi connectivity index (χ1) is 12.0. The number of aliphatic imine (C=N–C) groups is 1. The summed E-state index contributed by atoms with van der Waals surface area (Å²) in [6.07, 6.45) is 0.999. The number of rotatable bonds is 7. The summed E-state index contributed by atoms with van der Waals surface area (Å²) in [6, 6.07) is 8.06. The topological polar surface area (TPSA) is 58.5 Å². The molecule has 5 nitrogen and oxygen atoms in total. The van der Waals surface area contributed by atoms with Crippen LogP contribution in [0.3, 0.4) is 0 Å². The van der Waals surface area contributed by atoms with Crippen LogP contribution in [0.15, 0.2) is 29.3 Å². The average molecular weight is 488 g/mol. The highest BCUT2D eigenvalue weighted by Crippen LogP contribution is 2.18. The number of thiazole rings is 1. The fourth-order valence-electron chi connectivity index (χ4n) is 2.51. The third kappa shape index (κ3) is 7.11. The summed E-state index contributed by atoms with van der Waals surface area (Å²) < 4.78 is 5.98. The van der Waals surface area contributed by atoms with E-state index < -0.39 is 0 Å². The zero-order valence-corrected chi connectivity index (χ0v) is 19.3. The van der Waals surface area contributed by atoms with E-state index in [4.69, 9.17) is 4.74 Å².